The summed E-state index contributed by atoms with van der Waals surface area (Å²) in [6, 6.07) is 19.7. The van der Waals surface area contributed by atoms with Crippen molar-refractivity contribution < 1.29 is 44.0 Å². The Labute approximate surface area is 247 Å². The minimum Gasteiger partial charge on any atom is -0.550 e. The zero-order chi connectivity index (χ0) is 30.4. The fourth-order valence-corrected chi connectivity index (χ4v) is 6.83. The first-order valence-electron chi connectivity index (χ1n) is 13.6. The standard InChI is InChI=1S/C32H34O9S/c1-18-8-9-21(12-22(18)13-23-10-11-28(42-23)20-6-4-3-5-7-20)32-26(16-31(38)39)24(14-29(34)35)25(15-30(36)37)27(41-32)17-40-19(2)33/h3-12,24-27,32H,13-17H2,1-2H3,(H,34,35)(H,36,37)(H,38,39)/p-3/t24-,25+,26-,27-,32+/m0/s1. The van der Waals surface area contributed by atoms with E-state index >= 15 is 0 Å². The lowest BCUT2D eigenvalue weighted by Crippen LogP contribution is -2.50. The summed E-state index contributed by atoms with van der Waals surface area (Å²) in [6.45, 7) is 2.82. The molecule has 9 nitrogen and oxygen atoms in total. The zero-order valence-electron chi connectivity index (χ0n) is 23.3. The number of hydrogen-bond acceptors (Lipinski definition) is 10. The van der Waals surface area contributed by atoms with Crippen LogP contribution < -0.4 is 15.3 Å². The summed E-state index contributed by atoms with van der Waals surface area (Å²) in [5.74, 6) is -7.92. The molecule has 0 aliphatic carbocycles. The van der Waals surface area contributed by atoms with Crippen LogP contribution in [0.4, 0.5) is 0 Å². The predicted octanol–water partition coefficient (Wildman–Crippen LogP) is 1.59. The molecule has 5 atom stereocenters. The van der Waals surface area contributed by atoms with E-state index in [4.69, 9.17) is 9.47 Å². The van der Waals surface area contributed by atoms with Crippen molar-refractivity contribution >= 4 is 35.2 Å². The first-order chi connectivity index (χ1) is 20.0. The highest BCUT2D eigenvalue weighted by molar-refractivity contribution is 7.15. The number of carbonyl (C=O) groups is 4. The van der Waals surface area contributed by atoms with E-state index in [9.17, 15) is 34.5 Å². The molecule has 0 radical (unpaired) electrons. The summed E-state index contributed by atoms with van der Waals surface area (Å²) in [6.07, 6.45) is -3.14. The summed E-state index contributed by atoms with van der Waals surface area (Å²) in [7, 11) is 0. The molecule has 1 fully saturated rings. The van der Waals surface area contributed by atoms with Gasteiger partial charge in [0, 0.05) is 41.0 Å². The molecule has 1 aliphatic rings. The Morgan fingerprint density at radius 3 is 2.12 bits per heavy atom. The minimum atomic E-state index is -1.46. The third-order valence-corrected chi connectivity index (χ3v) is 8.87. The van der Waals surface area contributed by atoms with Crippen LogP contribution in [-0.4, -0.2) is 36.6 Å². The van der Waals surface area contributed by atoms with Crippen molar-refractivity contribution in [1.29, 1.82) is 0 Å². The summed E-state index contributed by atoms with van der Waals surface area (Å²) in [4.78, 5) is 49.1. The van der Waals surface area contributed by atoms with Gasteiger partial charge in [-0.05, 0) is 78.3 Å². The molecule has 0 spiro atoms. The van der Waals surface area contributed by atoms with Gasteiger partial charge in [0.2, 0.25) is 0 Å². The maximum absolute atomic E-state index is 11.9. The van der Waals surface area contributed by atoms with Crippen LogP contribution in [0.1, 0.15) is 53.9 Å². The van der Waals surface area contributed by atoms with Crippen LogP contribution in [0.2, 0.25) is 0 Å². The number of aryl methyl sites for hydroxylation is 1. The second-order valence-corrected chi connectivity index (χ2v) is 11.8. The molecule has 10 heteroatoms. The van der Waals surface area contributed by atoms with Crippen molar-refractivity contribution in [3.63, 3.8) is 0 Å². The van der Waals surface area contributed by atoms with Gasteiger partial charge in [0.15, 0.2) is 0 Å². The number of hydrogen-bond donors (Lipinski definition) is 0. The number of esters is 1. The SMILES string of the molecule is CC(=O)OC[C@@H]1O[C@H](c2ccc(C)c(Cc3ccc(-c4ccccc4)s3)c2)[C@@H](CC(=O)[O-])[C@@H](CC(=O)[O-])[C@H]1CC(=O)[O-]. The average molecular weight is 592 g/mol. The second-order valence-electron chi connectivity index (χ2n) is 10.6. The maximum Gasteiger partial charge on any atom is 0.302 e. The molecule has 4 rings (SSSR count). The van der Waals surface area contributed by atoms with Gasteiger partial charge >= 0.3 is 5.97 Å². The highest BCUT2D eigenvalue weighted by Crippen LogP contribution is 2.48. The van der Waals surface area contributed by atoms with Gasteiger partial charge in [-0.3, -0.25) is 4.79 Å². The van der Waals surface area contributed by atoms with E-state index in [0.717, 1.165) is 26.4 Å². The summed E-state index contributed by atoms with van der Waals surface area (Å²) >= 11 is 1.66. The van der Waals surface area contributed by atoms with E-state index in [2.05, 4.69) is 12.1 Å². The Hall–Kier alpha value is -4.02. The van der Waals surface area contributed by atoms with Gasteiger partial charge in [-0.25, -0.2) is 0 Å². The van der Waals surface area contributed by atoms with Gasteiger partial charge in [0.1, 0.15) is 6.61 Å². The van der Waals surface area contributed by atoms with Crippen molar-refractivity contribution in [1.82, 2.24) is 0 Å². The molecule has 42 heavy (non-hydrogen) atoms. The van der Waals surface area contributed by atoms with E-state index in [0.29, 0.717) is 12.0 Å². The van der Waals surface area contributed by atoms with Crippen LogP contribution in [-0.2, 0) is 35.1 Å². The second kappa shape index (κ2) is 13.8. The number of ether oxygens (including phenoxy) is 2. The Kier molecular flexibility index (Phi) is 10.1. The van der Waals surface area contributed by atoms with E-state index in [1.54, 1.807) is 17.4 Å². The molecule has 222 valence electrons. The van der Waals surface area contributed by atoms with E-state index in [-0.39, 0.29) is 6.61 Å². The Balaban J connectivity index is 1.71. The fraction of sp³-hybridized carbons (Fsp3) is 0.375. The van der Waals surface area contributed by atoms with Crippen LogP contribution in [0.25, 0.3) is 10.4 Å². The highest BCUT2D eigenvalue weighted by Gasteiger charge is 2.46. The molecule has 2 heterocycles. The number of rotatable bonds is 12. The number of aliphatic carboxylic acids is 3. The lowest BCUT2D eigenvalue weighted by Gasteiger charge is -2.48. The smallest absolute Gasteiger partial charge is 0.302 e. The predicted molar refractivity (Wildman–Crippen MR) is 147 cm³/mol. The molecule has 1 saturated heterocycles. The lowest BCUT2D eigenvalue weighted by molar-refractivity contribution is -0.318. The number of carbonyl (C=O) groups excluding carboxylic acids is 4. The Bertz CT molecular complexity index is 1430. The topological polar surface area (TPSA) is 156 Å². The van der Waals surface area contributed by atoms with Crippen LogP contribution in [0.3, 0.4) is 0 Å². The zero-order valence-corrected chi connectivity index (χ0v) is 24.1. The van der Waals surface area contributed by atoms with Crippen LogP contribution in [0, 0.1) is 24.7 Å². The van der Waals surface area contributed by atoms with Gasteiger partial charge in [0.05, 0.1) is 12.2 Å². The summed E-state index contributed by atoms with van der Waals surface area (Å²) in [5.41, 5.74) is 3.68. The molecule has 1 aromatic heterocycles. The van der Waals surface area contributed by atoms with Gasteiger partial charge in [0.25, 0.3) is 0 Å². The summed E-state index contributed by atoms with van der Waals surface area (Å²) < 4.78 is 11.4. The normalized spacial score (nSPS) is 21.9. The average Bonchev–Trinajstić information content (AvgIpc) is 3.39. The number of carboxylic acids is 3. The van der Waals surface area contributed by atoms with Crippen molar-refractivity contribution in [2.24, 2.45) is 17.8 Å². The monoisotopic (exact) mass is 591 g/mol. The van der Waals surface area contributed by atoms with E-state index in [1.807, 2.05) is 49.4 Å². The quantitative estimate of drug-likeness (QED) is 0.285. The first kappa shape index (κ1) is 30.9. The molecule has 2 aromatic carbocycles. The molecule has 0 saturated carbocycles. The molecule has 0 bridgehead atoms. The molecular formula is C32H31O9S-3. The van der Waals surface area contributed by atoms with E-state index in [1.165, 1.54) is 6.92 Å². The minimum absolute atomic E-state index is 0.332. The molecular weight excluding hydrogens is 560 g/mol. The molecule has 3 aromatic rings. The number of carboxylic acid groups (broad SMARTS) is 3. The van der Waals surface area contributed by atoms with Crippen molar-refractivity contribution in [2.45, 2.75) is 51.7 Å². The Morgan fingerprint density at radius 2 is 1.48 bits per heavy atom. The molecule has 1 aliphatic heterocycles. The van der Waals surface area contributed by atoms with Gasteiger partial charge in [-0.1, -0.05) is 48.5 Å². The summed E-state index contributed by atoms with van der Waals surface area (Å²) in [5, 5.41) is 35.3. The van der Waals surface area contributed by atoms with Gasteiger partial charge in [-0.15, -0.1) is 11.3 Å². The first-order valence-corrected chi connectivity index (χ1v) is 14.4. The molecule has 0 unspecified atom stereocenters. The highest BCUT2D eigenvalue weighted by atomic mass is 32.1. The fourth-order valence-electron chi connectivity index (χ4n) is 5.79. The third kappa shape index (κ3) is 7.83. The lowest BCUT2D eigenvalue weighted by atomic mass is 9.68. The Morgan fingerprint density at radius 1 is 0.833 bits per heavy atom. The molecule has 0 amide bonds. The third-order valence-electron chi connectivity index (χ3n) is 7.73. The van der Waals surface area contributed by atoms with Crippen molar-refractivity contribution in [2.75, 3.05) is 6.61 Å². The van der Waals surface area contributed by atoms with E-state index < -0.39 is 73.1 Å². The number of benzene rings is 2. The largest absolute Gasteiger partial charge is 0.550 e. The maximum atomic E-state index is 11.9. The van der Waals surface area contributed by atoms with Crippen molar-refractivity contribution in [3.8, 4) is 10.4 Å². The number of thiophene rings is 1. The van der Waals surface area contributed by atoms with Gasteiger partial charge < -0.3 is 39.2 Å². The van der Waals surface area contributed by atoms with Crippen LogP contribution in [0.15, 0.2) is 60.7 Å². The van der Waals surface area contributed by atoms with Crippen molar-refractivity contribution in [3.05, 3.63) is 82.2 Å². The van der Waals surface area contributed by atoms with Crippen LogP contribution in [0.5, 0.6) is 0 Å². The van der Waals surface area contributed by atoms with Gasteiger partial charge in [-0.2, -0.15) is 0 Å². The van der Waals surface area contributed by atoms with Crippen LogP contribution >= 0.6 is 11.3 Å². The molecule has 0 N–H and O–H groups in total.